The smallest absolute Gasteiger partial charge is 0.261 e. The first-order valence-corrected chi connectivity index (χ1v) is 8.37. The number of carbonyl (C=O) groups excluding carboxylic acids is 1. The van der Waals surface area contributed by atoms with Crippen LogP contribution in [0.4, 0.5) is 0 Å². The summed E-state index contributed by atoms with van der Waals surface area (Å²) in [7, 11) is 0. The van der Waals surface area contributed by atoms with Gasteiger partial charge < -0.3 is 9.88 Å². The lowest BCUT2D eigenvalue weighted by molar-refractivity contribution is 0.0608. The highest BCUT2D eigenvalue weighted by molar-refractivity contribution is 7.09. The van der Waals surface area contributed by atoms with Crippen molar-refractivity contribution < 1.29 is 4.79 Å². The van der Waals surface area contributed by atoms with Gasteiger partial charge in [-0.15, -0.1) is 11.3 Å². The molecular formula is C16H19N3O2S. The van der Waals surface area contributed by atoms with Gasteiger partial charge in [-0.25, -0.2) is 4.98 Å². The first kappa shape index (κ1) is 15.0. The molecule has 2 aromatic rings. The molecule has 1 aliphatic heterocycles. The Morgan fingerprint density at radius 2 is 2.23 bits per heavy atom. The van der Waals surface area contributed by atoms with Gasteiger partial charge in [0.25, 0.3) is 11.5 Å². The standard InChI is InChI=1S/C16H19N3O2S/c1-10-9-11(2)18-14(20)13(10)16(21)19-7-4-3-5-12(19)15-17-6-8-22-15/h6,8-9,12H,3-5,7H2,1-2H3,(H,18,20)/t12-/m1/s1. The summed E-state index contributed by atoms with van der Waals surface area (Å²) in [5.74, 6) is -0.182. The van der Waals surface area contributed by atoms with Gasteiger partial charge in [0.1, 0.15) is 10.6 Å². The van der Waals surface area contributed by atoms with Crippen molar-refractivity contribution in [3.8, 4) is 0 Å². The SMILES string of the molecule is Cc1cc(C)c(C(=O)N2CCCC[C@@H]2c2nccs2)c(=O)[nH]1. The van der Waals surface area contributed by atoms with Crippen LogP contribution in [0.1, 0.15) is 51.9 Å². The van der Waals surface area contributed by atoms with E-state index in [1.807, 2.05) is 30.2 Å². The van der Waals surface area contributed by atoms with Crippen LogP contribution in [0.15, 0.2) is 22.4 Å². The number of nitrogens with zero attached hydrogens (tertiary/aromatic N) is 2. The van der Waals surface area contributed by atoms with Gasteiger partial charge in [0.15, 0.2) is 0 Å². The van der Waals surface area contributed by atoms with Crippen LogP contribution >= 0.6 is 11.3 Å². The molecule has 116 valence electrons. The fourth-order valence-corrected chi connectivity index (χ4v) is 3.88. The lowest BCUT2D eigenvalue weighted by Crippen LogP contribution is -2.41. The van der Waals surface area contributed by atoms with Gasteiger partial charge in [-0.05, 0) is 44.7 Å². The van der Waals surface area contributed by atoms with Crippen molar-refractivity contribution in [3.63, 3.8) is 0 Å². The maximum atomic E-state index is 12.9. The van der Waals surface area contributed by atoms with Crippen LogP contribution in [0.25, 0.3) is 0 Å². The summed E-state index contributed by atoms with van der Waals surface area (Å²) in [6.45, 7) is 4.32. The van der Waals surface area contributed by atoms with Crippen molar-refractivity contribution in [1.29, 1.82) is 0 Å². The maximum absolute atomic E-state index is 12.9. The molecule has 3 heterocycles. The largest absolute Gasteiger partial charge is 0.329 e. The zero-order valence-corrected chi connectivity index (χ0v) is 13.6. The maximum Gasteiger partial charge on any atom is 0.261 e. The van der Waals surface area contributed by atoms with E-state index in [2.05, 4.69) is 9.97 Å². The highest BCUT2D eigenvalue weighted by atomic mass is 32.1. The average Bonchev–Trinajstić information content (AvgIpc) is 3.00. The fraction of sp³-hybridized carbons (Fsp3) is 0.438. The molecule has 1 amide bonds. The summed E-state index contributed by atoms with van der Waals surface area (Å²) in [6, 6.07) is 1.83. The Labute approximate surface area is 133 Å². The number of hydrogen-bond donors (Lipinski definition) is 1. The van der Waals surface area contributed by atoms with E-state index in [1.165, 1.54) is 0 Å². The van der Waals surface area contributed by atoms with Crippen LogP contribution < -0.4 is 5.56 Å². The summed E-state index contributed by atoms with van der Waals surface area (Å²) >= 11 is 1.57. The second kappa shape index (κ2) is 6.04. The number of aromatic amines is 1. The minimum atomic E-state index is -0.300. The zero-order valence-electron chi connectivity index (χ0n) is 12.8. The quantitative estimate of drug-likeness (QED) is 0.926. The average molecular weight is 317 g/mol. The first-order chi connectivity index (χ1) is 10.6. The Balaban J connectivity index is 1.98. The molecule has 1 N–H and O–H groups in total. The number of piperidine rings is 1. The molecule has 1 atom stereocenters. The number of carbonyl (C=O) groups is 1. The normalized spacial score (nSPS) is 18.5. The van der Waals surface area contributed by atoms with Gasteiger partial charge >= 0.3 is 0 Å². The second-order valence-corrected chi connectivity index (χ2v) is 6.65. The predicted octanol–water partition coefficient (Wildman–Crippen LogP) is 2.82. The van der Waals surface area contributed by atoms with Crippen LogP contribution in [0.3, 0.4) is 0 Å². The van der Waals surface area contributed by atoms with Crippen molar-refractivity contribution in [1.82, 2.24) is 14.9 Å². The van der Waals surface area contributed by atoms with Gasteiger partial charge in [0.05, 0.1) is 6.04 Å². The number of aryl methyl sites for hydroxylation is 2. The molecule has 1 saturated heterocycles. The number of rotatable bonds is 2. The molecule has 0 aromatic carbocycles. The van der Waals surface area contributed by atoms with Gasteiger partial charge in [-0.2, -0.15) is 0 Å². The van der Waals surface area contributed by atoms with E-state index in [4.69, 9.17) is 0 Å². The van der Waals surface area contributed by atoms with E-state index < -0.39 is 0 Å². The van der Waals surface area contributed by atoms with Crippen LogP contribution in [-0.4, -0.2) is 27.3 Å². The van der Waals surface area contributed by atoms with E-state index >= 15 is 0 Å². The predicted molar refractivity (Wildman–Crippen MR) is 86.3 cm³/mol. The van der Waals surface area contributed by atoms with Crippen molar-refractivity contribution in [2.24, 2.45) is 0 Å². The number of pyridine rings is 1. The molecule has 0 aliphatic carbocycles. The first-order valence-electron chi connectivity index (χ1n) is 7.49. The van der Waals surface area contributed by atoms with E-state index in [0.717, 1.165) is 35.5 Å². The Kier molecular flexibility index (Phi) is 4.11. The van der Waals surface area contributed by atoms with Gasteiger partial charge in [-0.1, -0.05) is 0 Å². The molecule has 2 aromatic heterocycles. The molecule has 6 heteroatoms. The molecule has 3 rings (SSSR count). The summed E-state index contributed by atoms with van der Waals surface area (Å²) in [6.07, 6.45) is 4.72. The molecule has 0 unspecified atom stereocenters. The summed E-state index contributed by atoms with van der Waals surface area (Å²) in [5.41, 5.74) is 1.46. The molecule has 1 aliphatic rings. The fourth-order valence-electron chi connectivity index (χ4n) is 3.09. The third-order valence-electron chi connectivity index (χ3n) is 4.08. The summed E-state index contributed by atoms with van der Waals surface area (Å²) < 4.78 is 0. The van der Waals surface area contributed by atoms with Crippen molar-refractivity contribution in [2.45, 2.75) is 39.2 Å². The van der Waals surface area contributed by atoms with Gasteiger partial charge in [0, 0.05) is 23.8 Å². The van der Waals surface area contributed by atoms with Gasteiger partial charge in [-0.3, -0.25) is 9.59 Å². The van der Waals surface area contributed by atoms with E-state index in [9.17, 15) is 9.59 Å². The Bertz CT molecular complexity index is 736. The van der Waals surface area contributed by atoms with Crippen LogP contribution in [0.2, 0.25) is 0 Å². The minimum Gasteiger partial charge on any atom is -0.329 e. The molecule has 1 fully saturated rings. The molecule has 0 saturated carbocycles. The Morgan fingerprint density at radius 3 is 2.91 bits per heavy atom. The lowest BCUT2D eigenvalue weighted by atomic mass is 10.00. The number of H-pyrrole nitrogens is 1. The van der Waals surface area contributed by atoms with Crippen molar-refractivity contribution in [3.05, 3.63) is 49.8 Å². The summed E-state index contributed by atoms with van der Waals surface area (Å²) in [4.78, 5) is 34.1. The number of aromatic nitrogens is 2. The van der Waals surface area contributed by atoms with E-state index in [0.29, 0.717) is 6.54 Å². The van der Waals surface area contributed by atoms with Crippen molar-refractivity contribution in [2.75, 3.05) is 6.54 Å². The molecule has 5 nitrogen and oxygen atoms in total. The number of thiazole rings is 1. The number of amides is 1. The Hall–Kier alpha value is -1.95. The topological polar surface area (TPSA) is 66.1 Å². The van der Waals surface area contributed by atoms with E-state index in [1.54, 1.807) is 17.5 Å². The number of likely N-dealkylation sites (tertiary alicyclic amines) is 1. The number of hydrogen-bond acceptors (Lipinski definition) is 4. The third kappa shape index (κ3) is 2.70. The lowest BCUT2D eigenvalue weighted by Gasteiger charge is -2.34. The second-order valence-electron chi connectivity index (χ2n) is 5.72. The highest BCUT2D eigenvalue weighted by Gasteiger charge is 2.32. The molecular weight excluding hydrogens is 298 g/mol. The minimum absolute atomic E-state index is 0.0126. The molecule has 0 spiro atoms. The third-order valence-corrected chi connectivity index (χ3v) is 4.96. The Morgan fingerprint density at radius 1 is 1.41 bits per heavy atom. The monoisotopic (exact) mass is 317 g/mol. The van der Waals surface area contributed by atoms with Crippen LogP contribution in [0, 0.1) is 13.8 Å². The molecule has 22 heavy (non-hydrogen) atoms. The van der Waals surface area contributed by atoms with Crippen LogP contribution in [-0.2, 0) is 0 Å². The molecule has 0 bridgehead atoms. The molecule has 0 radical (unpaired) electrons. The van der Waals surface area contributed by atoms with Crippen molar-refractivity contribution >= 4 is 17.2 Å². The van der Waals surface area contributed by atoms with E-state index in [-0.39, 0.29) is 23.1 Å². The zero-order chi connectivity index (χ0) is 15.7. The van der Waals surface area contributed by atoms with Crippen LogP contribution in [0.5, 0.6) is 0 Å². The number of nitrogens with one attached hydrogen (secondary N) is 1. The highest BCUT2D eigenvalue weighted by Crippen LogP contribution is 2.33. The van der Waals surface area contributed by atoms with Gasteiger partial charge in [0.2, 0.25) is 0 Å². The summed E-state index contributed by atoms with van der Waals surface area (Å²) in [5, 5.41) is 2.88.